The maximum Gasteiger partial charge on any atom is 0.355 e. The van der Waals surface area contributed by atoms with Gasteiger partial charge >= 0.3 is 5.97 Å². The zero-order valence-corrected chi connectivity index (χ0v) is 26.2. The quantitative estimate of drug-likeness (QED) is 0.229. The Bertz CT molecular complexity index is 962. The van der Waals surface area contributed by atoms with Gasteiger partial charge in [0.2, 0.25) is 17.7 Å². The molecule has 0 radical (unpaired) electrons. The fraction of sp³-hybridized carbons (Fsp3) is 0.793. The maximum atomic E-state index is 13.5. The van der Waals surface area contributed by atoms with Crippen molar-refractivity contribution in [3.05, 3.63) is 0 Å². The highest BCUT2D eigenvalue weighted by Gasteiger charge is 2.37. The van der Waals surface area contributed by atoms with Crippen LogP contribution in [0.3, 0.4) is 0 Å². The number of likely N-dealkylation sites (N-methyl/N-ethyl adjacent to an activating group) is 1. The van der Waals surface area contributed by atoms with E-state index in [9.17, 15) is 28.8 Å². The third kappa shape index (κ3) is 11.7. The minimum Gasteiger partial charge on any atom is -0.343 e. The fourth-order valence-electron chi connectivity index (χ4n) is 4.90. The van der Waals surface area contributed by atoms with Crippen molar-refractivity contribution in [2.75, 3.05) is 39.8 Å². The van der Waals surface area contributed by atoms with Crippen molar-refractivity contribution in [1.82, 2.24) is 30.8 Å². The average molecular weight is 595 g/mol. The largest absolute Gasteiger partial charge is 0.355 e. The number of carbonyl (C=O) groups is 6. The molecule has 5 amide bonds. The van der Waals surface area contributed by atoms with Crippen molar-refractivity contribution in [2.45, 2.75) is 91.8 Å². The zero-order valence-electron chi connectivity index (χ0n) is 26.2. The van der Waals surface area contributed by atoms with Crippen LogP contribution in [0.1, 0.15) is 73.6 Å². The van der Waals surface area contributed by atoms with Gasteiger partial charge in [-0.05, 0) is 44.1 Å². The van der Waals surface area contributed by atoms with Crippen molar-refractivity contribution < 1.29 is 33.6 Å². The van der Waals surface area contributed by atoms with Gasteiger partial charge in [-0.2, -0.15) is 0 Å². The molecule has 13 heteroatoms. The van der Waals surface area contributed by atoms with Gasteiger partial charge in [0.1, 0.15) is 18.1 Å². The fourth-order valence-corrected chi connectivity index (χ4v) is 4.90. The van der Waals surface area contributed by atoms with E-state index in [-0.39, 0.29) is 55.9 Å². The van der Waals surface area contributed by atoms with E-state index in [4.69, 9.17) is 4.84 Å². The van der Waals surface area contributed by atoms with Crippen LogP contribution in [-0.2, 0) is 33.6 Å². The van der Waals surface area contributed by atoms with Crippen LogP contribution in [-0.4, -0.2) is 108 Å². The average Bonchev–Trinajstić information content (AvgIpc) is 3.20. The third-order valence-corrected chi connectivity index (χ3v) is 7.16. The number of nitrogens with one attached hydrogen (secondary N) is 3. The van der Waals surface area contributed by atoms with Gasteiger partial charge in [0, 0.05) is 39.0 Å². The highest BCUT2D eigenvalue weighted by Crippen LogP contribution is 2.16. The molecular weight excluding hydrogens is 544 g/mol. The Morgan fingerprint density at radius 1 is 0.690 bits per heavy atom. The minimum absolute atomic E-state index is 0.0202. The number of nitrogens with zero attached hydrogens (tertiary/aromatic N) is 3. The Balaban J connectivity index is 2.11. The lowest BCUT2D eigenvalue weighted by Crippen LogP contribution is -2.57. The predicted molar refractivity (Wildman–Crippen MR) is 155 cm³/mol. The normalized spacial score (nSPS) is 18.8. The van der Waals surface area contributed by atoms with Crippen molar-refractivity contribution in [2.24, 2.45) is 17.8 Å². The van der Waals surface area contributed by atoms with E-state index < -0.39 is 47.7 Å². The summed E-state index contributed by atoms with van der Waals surface area (Å²) in [7, 11) is 2.04. The second-order valence-electron chi connectivity index (χ2n) is 12.7. The Morgan fingerprint density at radius 3 is 1.60 bits per heavy atom. The van der Waals surface area contributed by atoms with Crippen LogP contribution in [0.15, 0.2) is 0 Å². The predicted octanol–water partition coefficient (Wildman–Crippen LogP) is 0.434. The smallest absolute Gasteiger partial charge is 0.343 e. The first kappa shape index (κ1) is 35.1. The molecule has 2 saturated heterocycles. The summed E-state index contributed by atoms with van der Waals surface area (Å²) in [4.78, 5) is 85.9. The van der Waals surface area contributed by atoms with Crippen molar-refractivity contribution in [3.63, 3.8) is 0 Å². The van der Waals surface area contributed by atoms with Crippen molar-refractivity contribution in [1.29, 1.82) is 0 Å². The molecule has 13 nitrogen and oxygen atoms in total. The van der Waals surface area contributed by atoms with Gasteiger partial charge < -0.3 is 25.7 Å². The number of carbonyl (C=O) groups excluding carboxylic acids is 6. The second-order valence-corrected chi connectivity index (χ2v) is 12.7. The molecule has 2 heterocycles. The van der Waals surface area contributed by atoms with E-state index in [1.165, 1.54) is 0 Å². The number of piperazine rings is 1. The molecule has 0 aromatic carbocycles. The Kier molecular flexibility index (Phi) is 13.8. The van der Waals surface area contributed by atoms with Crippen LogP contribution in [0.5, 0.6) is 0 Å². The lowest BCUT2D eigenvalue weighted by Gasteiger charge is -2.32. The number of rotatable bonds is 15. The third-order valence-electron chi connectivity index (χ3n) is 7.16. The molecular formula is C29H50N6O7. The van der Waals surface area contributed by atoms with Crippen molar-refractivity contribution >= 4 is 35.5 Å². The summed E-state index contributed by atoms with van der Waals surface area (Å²) in [5.74, 6) is -3.39. The number of hydrogen-bond acceptors (Lipinski definition) is 9. The molecule has 42 heavy (non-hydrogen) atoms. The van der Waals surface area contributed by atoms with E-state index in [0.717, 1.165) is 26.2 Å². The summed E-state index contributed by atoms with van der Waals surface area (Å²) >= 11 is 0. The van der Waals surface area contributed by atoms with E-state index in [2.05, 4.69) is 20.9 Å². The summed E-state index contributed by atoms with van der Waals surface area (Å²) in [6.07, 6.45) is 0.782. The standard InChI is InChI=1S/C29H50N6O7/c1-18(2)14-21(30-24(36)17-34-12-10-33(7)11-13-34)27(39)31-22(15-19(3)4)28(40)32-23(16-20(5)6)29(41)42-35-25(37)8-9-26(35)38/h18-23H,8-17H2,1-7H3,(H,30,36)(H,31,39)(H,32,40)/t21-,22-,23-/m0/s1. The summed E-state index contributed by atoms with van der Waals surface area (Å²) < 4.78 is 0. The Morgan fingerprint density at radius 2 is 1.12 bits per heavy atom. The van der Waals surface area contributed by atoms with Crippen molar-refractivity contribution in [3.8, 4) is 0 Å². The second kappa shape index (κ2) is 16.5. The molecule has 0 aromatic heterocycles. The zero-order chi connectivity index (χ0) is 31.6. The molecule has 2 rings (SSSR count). The number of hydroxylamine groups is 2. The minimum atomic E-state index is -1.14. The van der Waals surface area contributed by atoms with Crippen LogP contribution in [0.2, 0.25) is 0 Å². The van der Waals surface area contributed by atoms with E-state index in [1.54, 1.807) is 0 Å². The highest BCUT2D eigenvalue weighted by molar-refractivity contribution is 6.02. The maximum absolute atomic E-state index is 13.5. The van der Waals surface area contributed by atoms with Crippen LogP contribution in [0.25, 0.3) is 0 Å². The first-order chi connectivity index (χ1) is 19.7. The van der Waals surface area contributed by atoms with Gasteiger partial charge in [0.25, 0.3) is 11.8 Å². The van der Waals surface area contributed by atoms with Gasteiger partial charge in [0.15, 0.2) is 0 Å². The van der Waals surface area contributed by atoms with Gasteiger partial charge in [-0.25, -0.2) is 4.79 Å². The van der Waals surface area contributed by atoms with Crippen LogP contribution in [0, 0.1) is 17.8 Å². The lowest BCUT2D eigenvalue weighted by atomic mass is 9.99. The number of imide groups is 1. The van der Waals surface area contributed by atoms with Gasteiger partial charge in [-0.3, -0.25) is 28.9 Å². The monoisotopic (exact) mass is 594 g/mol. The summed E-state index contributed by atoms with van der Waals surface area (Å²) in [6.45, 7) is 14.9. The van der Waals surface area contributed by atoms with Gasteiger partial charge in [-0.1, -0.05) is 41.5 Å². The molecule has 3 atom stereocenters. The first-order valence-electron chi connectivity index (χ1n) is 15.0. The molecule has 0 spiro atoms. The molecule has 2 aliphatic rings. The topological polar surface area (TPSA) is 157 Å². The Hall–Kier alpha value is -3.06. The molecule has 0 bridgehead atoms. The summed E-state index contributed by atoms with van der Waals surface area (Å²) in [5.41, 5.74) is 0. The van der Waals surface area contributed by atoms with E-state index in [0.29, 0.717) is 11.5 Å². The van der Waals surface area contributed by atoms with E-state index >= 15 is 0 Å². The summed E-state index contributed by atoms with van der Waals surface area (Å²) in [6, 6.07) is -2.96. The molecule has 0 unspecified atom stereocenters. The van der Waals surface area contributed by atoms with Crippen LogP contribution >= 0.6 is 0 Å². The number of hydrogen-bond donors (Lipinski definition) is 3. The molecule has 3 N–H and O–H groups in total. The first-order valence-corrected chi connectivity index (χ1v) is 15.0. The molecule has 0 saturated carbocycles. The molecule has 2 fully saturated rings. The molecule has 0 aliphatic carbocycles. The SMILES string of the molecule is CC(C)C[C@H](NC(=O)CN1CCN(C)CC1)C(=O)N[C@@H](CC(C)C)C(=O)N[C@@H](CC(C)C)C(=O)ON1C(=O)CCC1=O. The van der Waals surface area contributed by atoms with Gasteiger partial charge in [0.05, 0.1) is 6.54 Å². The molecule has 2 aliphatic heterocycles. The highest BCUT2D eigenvalue weighted by atomic mass is 16.7. The Labute approximate surface area is 249 Å². The molecule has 238 valence electrons. The van der Waals surface area contributed by atoms with Crippen LogP contribution in [0.4, 0.5) is 0 Å². The molecule has 0 aromatic rings. The van der Waals surface area contributed by atoms with Gasteiger partial charge in [-0.15, -0.1) is 5.06 Å². The lowest BCUT2D eigenvalue weighted by molar-refractivity contribution is -0.199. The van der Waals surface area contributed by atoms with E-state index in [1.807, 2.05) is 53.5 Å². The number of amides is 5. The van der Waals surface area contributed by atoms with Crippen LogP contribution < -0.4 is 16.0 Å². The summed E-state index contributed by atoms with van der Waals surface area (Å²) in [5, 5.41) is 8.77.